The maximum Gasteiger partial charge on any atom is 0.247 e. The lowest BCUT2D eigenvalue weighted by atomic mass is 10.1. The van der Waals surface area contributed by atoms with Gasteiger partial charge in [0.15, 0.2) is 17.3 Å². The fraction of sp³-hybridized carbons (Fsp3) is 0.150. The van der Waals surface area contributed by atoms with E-state index < -0.39 is 0 Å². The van der Waals surface area contributed by atoms with E-state index in [1.54, 1.807) is 15.6 Å². The third-order valence-corrected chi connectivity index (χ3v) is 4.63. The Bertz CT molecular complexity index is 1190. The molecule has 0 unspecified atom stereocenters. The molecule has 0 saturated heterocycles. The molecule has 5 rings (SSSR count). The van der Waals surface area contributed by atoms with Crippen molar-refractivity contribution < 1.29 is 14.3 Å². The lowest BCUT2D eigenvalue weighted by molar-refractivity contribution is -0.116. The van der Waals surface area contributed by atoms with Crippen molar-refractivity contribution in [3.05, 3.63) is 54.7 Å². The number of carbonyl (C=O) groups excluding carboxylic acids is 1. The van der Waals surface area contributed by atoms with Crippen molar-refractivity contribution >= 4 is 22.6 Å². The van der Waals surface area contributed by atoms with Crippen LogP contribution in [-0.2, 0) is 18.4 Å². The number of rotatable bonds is 4. The van der Waals surface area contributed by atoms with Crippen LogP contribution in [0.3, 0.4) is 0 Å². The Balaban J connectivity index is 1.32. The van der Waals surface area contributed by atoms with Crippen LogP contribution in [0.4, 0.5) is 5.82 Å². The van der Waals surface area contributed by atoms with Crippen LogP contribution in [0.5, 0.6) is 11.5 Å². The predicted octanol–water partition coefficient (Wildman–Crippen LogP) is 2.80. The van der Waals surface area contributed by atoms with E-state index in [0.29, 0.717) is 11.6 Å². The zero-order valence-electron chi connectivity index (χ0n) is 15.1. The van der Waals surface area contributed by atoms with E-state index in [9.17, 15) is 4.79 Å². The molecule has 4 aromatic rings. The quantitative estimate of drug-likeness (QED) is 0.593. The van der Waals surface area contributed by atoms with E-state index in [4.69, 9.17) is 9.47 Å². The van der Waals surface area contributed by atoms with Gasteiger partial charge in [0.25, 0.3) is 0 Å². The first-order valence-corrected chi connectivity index (χ1v) is 8.82. The van der Waals surface area contributed by atoms with Gasteiger partial charge in [-0.2, -0.15) is 10.2 Å². The largest absolute Gasteiger partial charge is 0.454 e. The molecule has 0 spiro atoms. The minimum absolute atomic E-state index is 0.0927. The molecule has 2 aromatic heterocycles. The molecule has 0 radical (unpaired) electrons. The lowest BCUT2D eigenvalue weighted by Gasteiger charge is -2.03. The van der Waals surface area contributed by atoms with Gasteiger partial charge < -0.3 is 14.8 Å². The van der Waals surface area contributed by atoms with E-state index in [2.05, 4.69) is 15.5 Å². The molecule has 8 nitrogen and oxygen atoms in total. The van der Waals surface area contributed by atoms with Crippen molar-refractivity contribution in [1.29, 1.82) is 0 Å². The highest BCUT2D eigenvalue weighted by atomic mass is 16.7. The normalized spacial score (nSPS) is 12.5. The van der Waals surface area contributed by atoms with Crippen LogP contribution in [0.1, 0.15) is 0 Å². The van der Waals surface area contributed by atoms with Gasteiger partial charge in [0.2, 0.25) is 12.7 Å². The minimum atomic E-state index is -0.191. The molecule has 140 valence electrons. The number of amides is 1. The fourth-order valence-corrected chi connectivity index (χ4v) is 3.28. The number of fused-ring (bicyclic) bond motifs is 2. The number of anilines is 1. The Morgan fingerprint density at radius 1 is 1.11 bits per heavy atom. The zero-order chi connectivity index (χ0) is 19.1. The van der Waals surface area contributed by atoms with E-state index in [-0.39, 0.29) is 19.2 Å². The van der Waals surface area contributed by atoms with Crippen molar-refractivity contribution in [1.82, 2.24) is 19.6 Å². The van der Waals surface area contributed by atoms with Crippen LogP contribution in [0.2, 0.25) is 0 Å². The molecule has 0 atom stereocenters. The van der Waals surface area contributed by atoms with E-state index in [0.717, 1.165) is 27.9 Å². The molecule has 0 aliphatic carbocycles. The molecule has 1 aliphatic heterocycles. The molecule has 3 heterocycles. The Morgan fingerprint density at radius 3 is 2.89 bits per heavy atom. The highest BCUT2D eigenvalue weighted by molar-refractivity contribution is 5.99. The summed E-state index contributed by atoms with van der Waals surface area (Å²) in [4.78, 5) is 12.5. The molecular formula is C20H17N5O3. The molecule has 1 N–H and O–H groups in total. The first kappa shape index (κ1) is 16.4. The predicted molar refractivity (Wildman–Crippen MR) is 103 cm³/mol. The molecule has 0 fully saturated rings. The summed E-state index contributed by atoms with van der Waals surface area (Å²) in [6, 6.07) is 15.3. The maximum atomic E-state index is 12.5. The van der Waals surface area contributed by atoms with Crippen molar-refractivity contribution in [2.45, 2.75) is 6.54 Å². The Labute approximate surface area is 160 Å². The summed E-state index contributed by atoms with van der Waals surface area (Å²) in [6.45, 7) is 0.324. The van der Waals surface area contributed by atoms with E-state index in [1.807, 2.05) is 55.6 Å². The topological polar surface area (TPSA) is 83.2 Å². The molecule has 1 amide bonds. The van der Waals surface area contributed by atoms with Gasteiger partial charge >= 0.3 is 0 Å². The van der Waals surface area contributed by atoms with Crippen molar-refractivity contribution in [3.63, 3.8) is 0 Å². The Kier molecular flexibility index (Phi) is 3.75. The second kappa shape index (κ2) is 6.41. The average Bonchev–Trinajstić information content (AvgIpc) is 3.41. The number of benzene rings is 2. The number of aromatic nitrogens is 4. The summed E-state index contributed by atoms with van der Waals surface area (Å²) in [5.74, 6) is 1.78. The SMILES string of the molecule is Cn1nc(NC(=O)Cn2ccc(-c3ccc4c(c3)OCO4)n2)c2ccccc21. The zero-order valence-corrected chi connectivity index (χ0v) is 15.1. The smallest absolute Gasteiger partial charge is 0.247 e. The number of hydrogen-bond acceptors (Lipinski definition) is 5. The summed E-state index contributed by atoms with van der Waals surface area (Å²) < 4.78 is 14.1. The van der Waals surface area contributed by atoms with Crippen LogP contribution >= 0.6 is 0 Å². The molecule has 0 bridgehead atoms. The second-order valence-electron chi connectivity index (χ2n) is 6.50. The summed E-state index contributed by atoms with van der Waals surface area (Å²) >= 11 is 0. The van der Waals surface area contributed by atoms with Gasteiger partial charge in [-0.3, -0.25) is 14.2 Å². The van der Waals surface area contributed by atoms with Gasteiger partial charge in [-0.15, -0.1) is 0 Å². The highest BCUT2D eigenvalue weighted by Crippen LogP contribution is 2.35. The number of ether oxygens (including phenoxy) is 2. The van der Waals surface area contributed by atoms with E-state index in [1.165, 1.54) is 0 Å². The fourth-order valence-electron chi connectivity index (χ4n) is 3.28. The van der Waals surface area contributed by atoms with Crippen molar-refractivity contribution in [3.8, 4) is 22.8 Å². The number of para-hydroxylation sites is 1. The van der Waals surface area contributed by atoms with Gasteiger partial charge in [0.1, 0.15) is 6.54 Å². The van der Waals surface area contributed by atoms with Gasteiger partial charge in [0, 0.05) is 24.2 Å². The summed E-state index contributed by atoms with van der Waals surface area (Å²) in [6.07, 6.45) is 1.77. The molecule has 8 heteroatoms. The minimum Gasteiger partial charge on any atom is -0.454 e. The van der Waals surface area contributed by atoms with Gasteiger partial charge in [0.05, 0.1) is 11.2 Å². The third kappa shape index (κ3) is 2.84. The summed E-state index contributed by atoms with van der Waals surface area (Å²) in [5, 5.41) is 12.6. The third-order valence-electron chi connectivity index (χ3n) is 4.63. The molecule has 28 heavy (non-hydrogen) atoms. The first-order valence-electron chi connectivity index (χ1n) is 8.82. The van der Waals surface area contributed by atoms with Crippen LogP contribution in [0.25, 0.3) is 22.2 Å². The van der Waals surface area contributed by atoms with Gasteiger partial charge in [-0.25, -0.2) is 0 Å². The van der Waals surface area contributed by atoms with Crippen LogP contribution < -0.4 is 14.8 Å². The molecule has 0 saturated carbocycles. The van der Waals surface area contributed by atoms with Crippen LogP contribution in [-0.4, -0.2) is 32.3 Å². The summed E-state index contributed by atoms with van der Waals surface area (Å²) in [5.41, 5.74) is 2.62. The Morgan fingerprint density at radius 2 is 1.96 bits per heavy atom. The monoisotopic (exact) mass is 375 g/mol. The van der Waals surface area contributed by atoms with Crippen LogP contribution in [0, 0.1) is 0 Å². The number of hydrogen-bond donors (Lipinski definition) is 1. The summed E-state index contributed by atoms with van der Waals surface area (Å²) in [7, 11) is 1.85. The van der Waals surface area contributed by atoms with Crippen molar-refractivity contribution in [2.24, 2.45) is 7.05 Å². The molecule has 2 aromatic carbocycles. The highest BCUT2D eigenvalue weighted by Gasteiger charge is 2.16. The Hall–Kier alpha value is -3.81. The second-order valence-corrected chi connectivity index (χ2v) is 6.50. The average molecular weight is 375 g/mol. The molecule has 1 aliphatic rings. The number of carbonyl (C=O) groups is 1. The number of nitrogens with one attached hydrogen (secondary N) is 1. The van der Waals surface area contributed by atoms with Gasteiger partial charge in [-0.05, 0) is 36.4 Å². The molecular weight excluding hydrogens is 358 g/mol. The maximum absolute atomic E-state index is 12.5. The van der Waals surface area contributed by atoms with E-state index >= 15 is 0 Å². The number of aryl methyl sites for hydroxylation is 1. The van der Waals surface area contributed by atoms with Crippen LogP contribution in [0.15, 0.2) is 54.7 Å². The standard InChI is InChI=1S/C20H17N5O3/c1-24-16-5-3-2-4-14(16)20(23-24)21-19(26)11-25-9-8-15(22-25)13-6-7-17-18(10-13)28-12-27-17/h2-10H,11-12H2,1H3,(H,21,23,26). The van der Waals surface area contributed by atoms with Gasteiger partial charge in [-0.1, -0.05) is 12.1 Å². The number of nitrogens with zero attached hydrogens (tertiary/aromatic N) is 4. The first-order chi connectivity index (χ1) is 13.7. The lowest BCUT2D eigenvalue weighted by Crippen LogP contribution is -2.19. The van der Waals surface area contributed by atoms with Crippen molar-refractivity contribution in [2.75, 3.05) is 12.1 Å².